The molecule has 0 aliphatic heterocycles. The molecule has 0 aromatic heterocycles. The molecule has 0 saturated carbocycles. The molecule has 2 aromatic rings. The van der Waals surface area contributed by atoms with Crippen molar-refractivity contribution >= 4 is 15.9 Å². The summed E-state index contributed by atoms with van der Waals surface area (Å²) in [5.41, 5.74) is 3.01. The van der Waals surface area contributed by atoms with Gasteiger partial charge in [-0.3, -0.25) is 0 Å². The van der Waals surface area contributed by atoms with Crippen LogP contribution in [-0.4, -0.2) is 5.11 Å². The number of aliphatic hydroxyl groups excluding tert-OH is 1. The Morgan fingerprint density at radius 2 is 1.62 bits per heavy atom. The quantitative estimate of drug-likeness (QED) is 0.884. The van der Waals surface area contributed by atoms with Crippen molar-refractivity contribution in [2.45, 2.75) is 13.0 Å². The third-order valence-corrected chi connectivity index (χ3v) is 3.32. The van der Waals surface area contributed by atoms with E-state index < -0.39 is 6.10 Å². The summed E-state index contributed by atoms with van der Waals surface area (Å²) in [5.74, 6) is 0. The van der Waals surface area contributed by atoms with E-state index in [1.54, 1.807) is 0 Å². The maximum Gasteiger partial charge on any atom is 0.105 e. The van der Waals surface area contributed by atoms with E-state index in [1.165, 1.54) is 5.56 Å². The highest BCUT2D eigenvalue weighted by molar-refractivity contribution is 9.10. The van der Waals surface area contributed by atoms with Crippen LogP contribution in [0, 0.1) is 6.92 Å². The van der Waals surface area contributed by atoms with E-state index in [1.807, 2.05) is 55.5 Å². The van der Waals surface area contributed by atoms with Crippen molar-refractivity contribution in [3.05, 3.63) is 69.7 Å². The zero-order valence-electron chi connectivity index (χ0n) is 9.02. The van der Waals surface area contributed by atoms with Crippen molar-refractivity contribution in [3.8, 4) is 0 Å². The summed E-state index contributed by atoms with van der Waals surface area (Å²) >= 11 is 3.45. The summed E-state index contributed by atoms with van der Waals surface area (Å²) in [7, 11) is 0. The smallest absolute Gasteiger partial charge is 0.105 e. The number of rotatable bonds is 2. The van der Waals surface area contributed by atoms with Gasteiger partial charge in [0.25, 0.3) is 0 Å². The van der Waals surface area contributed by atoms with Crippen LogP contribution in [0.4, 0.5) is 0 Å². The highest BCUT2D eigenvalue weighted by Gasteiger charge is 2.12. The topological polar surface area (TPSA) is 20.2 Å². The summed E-state index contributed by atoms with van der Waals surface area (Å²) in [5, 5.41) is 10.2. The third kappa shape index (κ3) is 2.34. The molecule has 2 heteroatoms. The highest BCUT2D eigenvalue weighted by Crippen LogP contribution is 2.28. The number of hydrogen-bond donors (Lipinski definition) is 1. The number of hydrogen-bond acceptors (Lipinski definition) is 1. The Morgan fingerprint density at radius 1 is 1.00 bits per heavy atom. The Labute approximate surface area is 104 Å². The van der Waals surface area contributed by atoms with E-state index in [0.717, 1.165) is 15.6 Å². The summed E-state index contributed by atoms with van der Waals surface area (Å²) < 4.78 is 0.933. The van der Waals surface area contributed by atoms with Crippen LogP contribution in [0.1, 0.15) is 22.8 Å². The van der Waals surface area contributed by atoms with Crippen LogP contribution in [0.25, 0.3) is 0 Å². The molecule has 2 aromatic carbocycles. The maximum atomic E-state index is 10.2. The molecule has 0 fully saturated rings. The number of benzene rings is 2. The molecule has 1 nitrogen and oxygen atoms in total. The molecule has 1 atom stereocenters. The third-order valence-electron chi connectivity index (χ3n) is 2.59. The van der Waals surface area contributed by atoms with Crippen LogP contribution >= 0.6 is 15.9 Å². The molecule has 0 saturated heterocycles. The molecule has 1 unspecified atom stereocenters. The predicted octanol–water partition coefficient (Wildman–Crippen LogP) is 3.84. The lowest BCUT2D eigenvalue weighted by molar-refractivity contribution is 0.219. The molecule has 0 radical (unpaired) electrons. The Hall–Kier alpha value is -1.12. The van der Waals surface area contributed by atoms with E-state index in [0.29, 0.717) is 0 Å². The van der Waals surface area contributed by atoms with Gasteiger partial charge >= 0.3 is 0 Å². The van der Waals surface area contributed by atoms with Crippen LogP contribution < -0.4 is 0 Å². The van der Waals surface area contributed by atoms with E-state index >= 15 is 0 Å². The van der Waals surface area contributed by atoms with Gasteiger partial charge < -0.3 is 5.11 Å². The lowest BCUT2D eigenvalue weighted by atomic mass is 10.0. The first-order valence-corrected chi connectivity index (χ1v) is 5.97. The molecule has 0 heterocycles. The van der Waals surface area contributed by atoms with Crippen LogP contribution in [0.5, 0.6) is 0 Å². The first kappa shape index (κ1) is 11.4. The fraction of sp³-hybridized carbons (Fsp3) is 0.143. The van der Waals surface area contributed by atoms with E-state index in [-0.39, 0.29) is 0 Å². The van der Waals surface area contributed by atoms with Crippen molar-refractivity contribution < 1.29 is 5.11 Å². The second-order valence-corrected chi connectivity index (χ2v) is 4.69. The van der Waals surface area contributed by atoms with Crippen molar-refractivity contribution in [3.63, 3.8) is 0 Å². The van der Waals surface area contributed by atoms with Gasteiger partial charge in [0.2, 0.25) is 0 Å². The number of aliphatic hydroxyl groups is 1. The van der Waals surface area contributed by atoms with Gasteiger partial charge in [-0.15, -0.1) is 0 Å². The van der Waals surface area contributed by atoms with Gasteiger partial charge in [-0.05, 0) is 24.1 Å². The summed E-state index contributed by atoms with van der Waals surface area (Å²) in [6.45, 7) is 2.04. The van der Waals surface area contributed by atoms with Gasteiger partial charge in [0, 0.05) is 4.47 Å². The van der Waals surface area contributed by atoms with Crippen LogP contribution in [0.2, 0.25) is 0 Å². The maximum absolute atomic E-state index is 10.2. The van der Waals surface area contributed by atoms with Crippen molar-refractivity contribution in [2.24, 2.45) is 0 Å². The molecule has 0 spiro atoms. The van der Waals surface area contributed by atoms with Crippen molar-refractivity contribution in [1.29, 1.82) is 0 Å². The average Bonchev–Trinajstić information content (AvgIpc) is 2.30. The summed E-state index contributed by atoms with van der Waals surface area (Å²) in [4.78, 5) is 0. The minimum Gasteiger partial charge on any atom is -0.384 e. The largest absolute Gasteiger partial charge is 0.384 e. The van der Waals surface area contributed by atoms with E-state index in [9.17, 15) is 5.11 Å². The lowest BCUT2D eigenvalue weighted by Crippen LogP contribution is -2.00. The van der Waals surface area contributed by atoms with Gasteiger partial charge in [-0.1, -0.05) is 64.0 Å². The normalized spacial score (nSPS) is 12.4. The van der Waals surface area contributed by atoms with Gasteiger partial charge in [-0.2, -0.15) is 0 Å². The first-order valence-electron chi connectivity index (χ1n) is 5.17. The first-order chi connectivity index (χ1) is 7.68. The summed E-state index contributed by atoms with van der Waals surface area (Å²) in [6, 6.07) is 15.7. The molecule has 16 heavy (non-hydrogen) atoms. The van der Waals surface area contributed by atoms with Crippen LogP contribution in [0.3, 0.4) is 0 Å². The van der Waals surface area contributed by atoms with Gasteiger partial charge in [0.05, 0.1) is 0 Å². The molecule has 0 bridgehead atoms. The minimum atomic E-state index is -0.573. The second kappa shape index (κ2) is 4.81. The Bertz CT molecular complexity index is 476. The Balaban J connectivity index is 2.35. The van der Waals surface area contributed by atoms with Crippen molar-refractivity contribution in [1.82, 2.24) is 0 Å². The van der Waals surface area contributed by atoms with E-state index in [4.69, 9.17) is 0 Å². The fourth-order valence-corrected chi connectivity index (χ4v) is 2.13. The molecular formula is C14H13BrO. The average molecular weight is 277 g/mol. The molecule has 0 aliphatic rings. The number of aryl methyl sites for hydroxylation is 1. The molecule has 1 N–H and O–H groups in total. The second-order valence-electron chi connectivity index (χ2n) is 3.83. The van der Waals surface area contributed by atoms with Crippen LogP contribution in [0.15, 0.2) is 53.0 Å². The molecule has 0 amide bonds. The zero-order chi connectivity index (χ0) is 11.5. The zero-order valence-corrected chi connectivity index (χ0v) is 10.6. The molecule has 82 valence electrons. The van der Waals surface area contributed by atoms with Crippen LogP contribution in [-0.2, 0) is 0 Å². The Morgan fingerprint density at radius 3 is 2.25 bits per heavy atom. The minimum absolute atomic E-state index is 0.573. The van der Waals surface area contributed by atoms with E-state index in [2.05, 4.69) is 15.9 Å². The summed E-state index contributed by atoms with van der Waals surface area (Å²) in [6.07, 6.45) is -0.573. The molecular weight excluding hydrogens is 264 g/mol. The fourth-order valence-electron chi connectivity index (χ4n) is 1.63. The monoisotopic (exact) mass is 276 g/mol. The molecule has 2 rings (SSSR count). The Kier molecular flexibility index (Phi) is 3.42. The standard InChI is InChI=1S/C14H13BrO/c1-10-6-8-11(9-7-10)14(16)12-4-2-3-5-13(12)15/h2-9,14,16H,1H3. The highest BCUT2D eigenvalue weighted by atomic mass is 79.9. The SMILES string of the molecule is Cc1ccc(C(O)c2ccccc2Br)cc1. The van der Waals surface area contributed by atoms with Crippen molar-refractivity contribution in [2.75, 3.05) is 0 Å². The van der Waals surface area contributed by atoms with Gasteiger partial charge in [0.15, 0.2) is 0 Å². The number of halogens is 1. The lowest BCUT2D eigenvalue weighted by Gasteiger charge is -2.13. The van der Waals surface area contributed by atoms with Gasteiger partial charge in [-0.25, -0.2) is 0 Å². The molecule has 0 aliphatic carbocycles. The van der Waals surface area contributed by atoms with Gasteiger partial charge in [0.1, 0.15) is 6.10 Å². The predicted molar refractivity (Wildman–Crippen MR) is 69.4 cm³/mol.